The molecule has 0 aliphatic rings. The highest BCUT2D eigenvalue weighted by Gasteiger charge is 2.06. The highest BCUT2D eigenvalue weighted by Crippen LogP contribution is 2.05. The van der Waals surface area contributed by atoms with Crippen LogP contribution in [0.4, 0.5) is 17.6 Å². The van der Waals surface area contributed by atoms with Crippen molar-refractivity contribution in [1.29, 1.82) is 0 Å². The third kappa shape index (κ3) is 2.87. The second-order valence-electron chi connectivity index (χ2n) is 1.96. The van der Waals surface area contributed by atoms with Crippen LogP contribution in [0.3, 0.4) is 0 Å². The Kier molecular flexibility index (Phi) is 4.77. The topological polar surface area (TPSA) is 141 Å². The molecule has 74 valence electrons. The van der Waals surface area contributed by atoms with Gasteiger partial charge in [0.2, 0.25) is 11.6 Å². The molecule has 9 heteroatoms. The average Bonchev–Trinajstić information content (AvgIpc) is 2.16. The first kappa shape index (κ1) is 11.6. The molecule has 0 fully saturated rings. The van der Waals surface area contributed by atoms with Crippen LogP contribution in [0.25, 0.3) is 0 Å². The molecule has 0 atom stereocenters. The average molecular weight is 207 g/mol. The van der Waals surface area contributed by atoms with Gasteiger partial charge in [0.25, 0.3) is 0 Å². The molecule has 0 radical (unpaired) electrons. The van der Waals surface area contributed by atoms with E-state index in [1.165, 1.54) is 0 Å². The van der Waals surface area contributed by atoms with Crippen molar-refractivity contribution >= 4 is 17.6 Å². The lowest BCUT2D eigenvalue weighted by Gasteiger charge is -2.00. The third-order valence-electron chi connectivity index (χ3n) is 1.21. The largest absolute Gasteiger partial charge is 1.00 e. The summed E-state index contributed by atoms with van der Waals surface area (Å²) in [6, 6.07) is 1.58. The molecule has 0 bridgehead atoms. The van der Waals surface area contributed by atoms with Crippen LogP contribution in [0.15, 0.2) is 6.07 Å². The first-order valence-corrected chi connectivity index (χ1v) is 3.14. The Morgan fingerprint density at radius 1 is 1.15 bits per heavy atom. The van der Waals surface area contributed by atoms with Crippen LogP contribution in [0.2, 0.25) is 0 Å². The summed E-state index contributed by atoms with van der Waals surface area (Å²) >= 11 is 0. The van der Waals surface area contributed by atoms with Crippen molar-refractivity contribution in [3.05, 3.63) is 6.07 Å². The maximum Gasteiger partial charge on any atom is 0.363 e. The van der Waals surface area contributed by atoms with Crippen LogP contribution in [0, 0.1) is 0 Å². The number of rotatable bonds is 3. The van der Waals surface area contributed by atoms with Crippen molar-refractivity contribution < 1.29 is 17.4 Å². The zero-order valence-electron chi connectivity index (χ0n) is 6.63. The van der Waals surface area contributed by atoms with E-state index in [2.05, 4.69) is 26.2 Å². The van der Waals surface area contributed by atoms with Crippen LogP contribution in [-0.2, 0) is 0 Å². The van der Waals surface area contributed by atoms with E-state index in [1.54, 1.807) is 6.07 Å². The van der Waals surface area contributed by atoms with E-state index in [0.717, 1.165) is 0 Å². The van der Waals surface area contributed by atoms with Crippen molar-refractivity contribution in [2.45, 2.75) is 0 Å². The highest BCUT2D eigenvalue weighted by atomic mass is 35.5. The van der Waals surface area contributed by atoms with E-state index in [1.807, 2.05) is 0 Å². The predicted octanol–water partition coefficient (Wildman–Crippen LogP) is -5.24. The van der Waals surface area contributed by atoms with E-state index in [-0.39, 0.29) is 12.4 Å². The molecule has 0 unspecified atom stereocenters. The number of hydrazine groups is 3. The van der Waals surface area contributed by atoms with E-state index < -0.39 is 0 Å². The lowest BCUT2D eigenvalue weighted by Crippen LogP contribution is -3.00. The standard InChI is InChI=1S/C4H10N8.ClH/c5-10-2-1-3(11-6)9-4(8-2)12-7;/h1H,5-7H2,(H3,8,9,10,11,12);1H. The molecule has 0 spiro atoms. The number of nitrogens with one attached hydrogen (secondary N) is 4. The number of nitrogens with two attached hydrogens (primary N) is 3. The van der Waals surface area contributed by atoms with Crippen molar-refractivity contribution in [3.8, 4) is 0 Å². The molecule has 0 aromatic carbocycles. The number of nitrogen functional groups attached to an aromatic ring is 3. The van der Waals surface area contributed by atoms with Crippen molar-refractivity contribution in [2.75, 3.05) is 16.3 Å². The SMILES string of the molecule is NNc1cc(NN)[nH+]c(NN)n1.[Cl-]. The van der Waals surface area contributed by atoms with E-state index >= 15 is 0 Å². The Balaban J connectivity index is 0.00000144. The van der Waals surface area contributed by atoms with Gasteiger partial charge in [0.15, 0.2) is 0 Å². The van der Waals surface area contributed by atoms with Crippen LogP contribution in [-0.4, -0.2) is 4.98 Å². The maximum absolute atomic E-state index is 5.15. The molecule has 1 aromatic rings. The first-order chi connectivity index (χ1) is 5.80. The fraction of sp³-hybridized carbons (Fsp3) is 0. The van der Waals surface area contributed by atoms with Gasteiger partial charge in [0, 0.05) is 0 Å². The Labute approximate surface area is 80.6 Å². The fourth-order valence-corrected chi connectivity index (χ4v) is 0.701. The molecule has 0 saturated heterocycles. The molecule has 1 rings (SSSR count). The highest BCUT2D eigenvalue weighted by molar-refractivity contribution is 5.45. The van der Waals surface area contributed by atoms with Crippen LogP contribution in [0.5, 0.6) is 0 Å². The minimum absolute atomic E-state index is 0. The number of halogens is 1. The summed E-state index contributed by atoms with van der Waals surface area (Å²) < 4.78 is 0. The normalized spacial score (nSPS) is 8.54. The summed E-state index contributed by atoms with van der Waals surface area (Å²) in [5.74, 6) is 16.7. The lowest BCUT2D eigenvalue weighted by atomic mass is 10.5. The molecule has 1 heterocycles. The van der Waals surface area contributed by atoms with Gasteiger partial charge in [-0.25, -0.2) is 27.9 Å². The predicted molar refractivity (Wildman–Crippen MR) is 44.2 cm³/mol. The van der Waals surface area contributed by atoms with Gasteiger partial charge in [-0.05, 0) is 0 Å². The summed E-state index contributed by atoms with van der Waals surface area (Å²) in [6.45, 7) is 0. The molecule has 13 heavy (non-hydrogen) atoms. The van der Waals surface area contributed by atoms with E-state index in [0.29, 0.717) is 17.6 Å². The number of anilines is 3. The Morgan fingerprint density at radius 2 is 1.85 bits per heavy atom. The number of hydrogen-bond acceptors (Lipinski definition) is 7. The number of H-pyrrole nitrogens is 1. The monoisotopic (exact) mass is 206 g/mol. The second kappa shape index (κ2) is 5.32. The zero-order chi connectivity index (χ0) is 8.97. The number of aromatic amines is 1. The van der Waals surface area contributed by atoms with Gasteiger partial charge in [-0.2, -0.15) is 0 Å². The minimum Gasteiger partial charge on any atom is -1.00 e. The second-order valence-corrected chi connectivity index (χ2v) is 1.96. The van der Waals surface area contributed by atoms with Gasteiger partial charge in [-0.1, -0.05) is 4.98 Å². The molecule has 0 saturated carbocycles. The molecule has 10 N–H and O–H groups in total. The molecule has 0 amide bonds. The Morgan fingerprint density at radius 3 is 2.31 bits per heavy atom. The summed E-state index contributed by atoms with van der Waals surface area (Å²) in [5, 5.41) is 0. The Bertz CT molecular complexity index is 209. The molecule has 8 nitrogen and oxygen atoms in total. The summed E-state index contributed by atoms with van der Waals surface area (Å²) in [7, 11) is 0. The number of nitrogens with zero attached hydrogens (tertiary/aromatic N) is 1. The zero-order valence-corrected chi connectivity index (χ0v) is 7.39. The molecular formula is C4H11ClN8. The maximum atomic E-state index is 5.15. The smallest absolute Gasteiger partial charge is 0.363 e. The van der Waals surface area contributed by atoms with Gasteiger partial charge in [0.05, 0.1) is 6.07 Å². The van der Waals surface area contributed by atoms with E-state index in [4.69, 9.17) is 17.5 Å². The van der Waals surface area contributed by atoms with Crippen molar-refractivity contribution in [2.24, 2.45) is 17.5 Å². The minimum atomic E-state index is 0. The van der Waals surface area contributed by atoms with Gasteiger partial charge in [-0.15, -0.1) is 0 Å². The summed E-state index contributed by atoms with van der Waals surface area (Å²) in [5.41, 5.74) is 7.06. The molecule has 0 aliphatic heterocycles. The quantitative estimate of drug-likeness (QED) is 0.214. The van der Waals surface area contributed by atoms with Crippen LogP contribution < -0.4 is 51.2 Å². The van der Waals surface area contributed by atoms with E-state index in [9.17, 15) is 0 Å². The molecule has 1 aromatic heterocycles. The summed E-state index contributed by atoms with van der Waals surface area (Å²) in [6.07, 6.45) is 0. The van der Waals surface area contributed by atoms with Crippen LogP contribution >= 0.6 is 0 Å². The van der Waals surface area contributed by atoms with Gasteiger partial charge < -0.3 is 12.4 Å². The van der Waals surface area contributed by atoms with Crippen molar-refractivity contribution in [3.63, 3.8) is 0 Å². The summed E-state index contributed by atoms with van der Waals surface area (Å²) in [4.78, 5) is 6.63. The Hall–Kier alpha value is -1.35. The van der Waals surface area contributed by atoms with Crippen LogP contribution in [0.1, 0.15) is 0 Å². The number of hydrogen-bond donors (Lipinski definition) is 6. The molecule has 0 aliphatic carbocycles. The fourth-order valence-electron chi connectivity index (χ4n) is 0.701. The lowest BCUT2D eigenvalue weighted by molar-refractivity contribution is -0.348. The van der Waals surface area contributed by atoms with Crippen molar-refractivity contribution in [1.82, 2.24) is 4.98 Å². The van der Waals surface area contributed by atoms with Gasteiger partial charge in [-0.3, -0.25) is 10.9 Å². The molecular weight excluding hydrogens is 196 g/mol. The third-order valence-corrected chi connectivity index (χ3v) is 1.21. The number of aromatic nitrogens is 2. The first-order valence-electron chi connectivity index (χ1n) is 3.14. The van der Waals surface area contributed by atoms with Gasteiger partial charge in [0.1, 0.15) is 0 Å². The van der Waals surface area contributed by atoms with Gasteiger partial charge >= 0.3 is 5.95 Å².